The van der Waals surface area contributed by atoms with E-state index in [9.17, 15) is 0 Å². The molecule has 0 radical (unpaired) electrons. The predicted molar refractivity (Wildman–Crippen MR) is 56.8 cm³/mol. The van der Waals surface area contributed by atoms with E-state index in [1.807, 2.05) is 24.3 Å². The molecule has 0 atom stereocenters. The van der Waals surface area contributed by atoms with Crippen LogP contribution in [0.5, 0.6) is 0 Å². The van der Waals surface area contributed by atoms with Gasteiger partial charge >= 0.3 is 0 Å². The summed E-state index contributed by atoms with van der Waals surface area (Å²) < 4.78 is 0. The normalized spacial score (nSPS) is 9.79. The van der Waals surface area contributed by atoms with Gasteiger partial charge in [-0.1, -0.05) is 17.7 Å². The summed E-state index contributed by atoms with van der Waals surface area (Å²) in [5.41, 5.74) is 0.940. The van der Waals surface area contributed by atoms with Gasteiger partial charge in [0.15, 0.2) is 0 Å². The molecule has 14 heavy (non-hydrogen) atoms. The maximum Gasteiger partial charge on any atom is 0.132 e. The van der Waals surface area contributed by atoms with E-state index in [1.165, 1.54) is 0 Å². The van der Waals surface area contributed by atoms with Gasteiger partial charge in [0, 0.05) is 18.1 Å². The van der Waals surface area contributed by atoms with Crippen LogP contribution in [0.2, 0.25) is 5.15 Å². The minimum absolute atomic E-state index is 0.476. The Morgan fingerprint density at radius 1 is 1.07 bits per heavy atom. The van der Waals surface area contributed by atoms with Crippen LogP contribution in [-0.2, 0) is 0 Å². The summed E-state index contributed by atoms with van der Waals surface area (Å²) in [6.45, 7) is 0. The summed E-state index contributed by atoms with van der Waals surface area (Å²) in [7, 11) is 0. The van der Waals surface area contributed by atoms with Gasteiger partial charge in [-0.15, -0.1) is 0 Å². The van der Waals surface area contributed by atoms with Gasteiger partial charge in [-0.3, -0.25) is 4.98 Å². The minimum Gasteiger partial charge on any atom is -0.340 e. The Morgan fingerprint density at radius 2 is 1.86 bits per heavy atom. The minimum atomic E-state index is 0.476. The molecule has 0 saturated carbocycles. The van der Waals surface area contributed by atoms with Crippen molar-refractivity contribution in [1.82, 2.24) is 9.97 Å². The van der Waals surface area contributed by atoms with Crippen molar-refractivity contribution >= 4 is 23.1 Å². The van der Waals surface area contributed by atoms with Crippen LogP contribution in [0.3, 0.4) is 0 Å². The molecule has 70 valence electrons. The molecule has 0 unspecified atom stereocenters. The summed E-state index contributed by atoms with van der Waals surface area (Å²) in [6.07, 6.45) is 3.43. The van der Waals surface area contributed by atoms with E-state index in [0.29, 0.717) is 5.15 Å². The molecule has 2 heterocycles. The second-order valence-electron chi connectivity index (χ2n) is 2.71. The average molecular weight is 206 g/mol. The lowest BCUT2D eigenvalue weighted by Crippen LogP contribution is -1.92. The highest BCUT2D eigenvalue weighted by molar-refractivity contribution is 6.29. The van der Waals surface area contributed by atoms with Crippen LogP contribution in [0.4, 0.5) is 11.5 Å². The number of aromatic nitrogens is 2. The average Bonchev–Trinajstić information content (AvgIpc) is 2.19. The van der Waals surface area contributed by atoms with Crippen molar-refractivity contribution in [1.29, 1.82) is 0 Å². The first-order chi connectivity index (χ1) is 6.84. The second-order valence-corrected chi connectivity index (χ2v) is 3.09. The highest BCUT2D eigenvalue weighted by Gasteiger charge is 1.95. The number of hydrogen-bond donors (Lipinski definition) is 1. The molecule has 0 aliphatic heterocycles. The molecular weight excluding hydrogens is 198 g/mol. The number of pyridine rings is 2. The third kappa shape index (κ3) is 2.20. The van der Waals surface area contributed by atoms with E-state index in [-0.39, 0.29) is 0 Å². The number of anilines is 2. The van der Waals surface area contributed by atoms with Gasteiger partial charge < -0.3 is 5.32 Å². The Morgan fingerprint density at radius 3 is 2.57 bits per heavy atom. The van der Waals surface area contributed by atoms with Crippen molar-refractivity contribution < 1.29 is 0 Å². The Kier molecular flexibility index (Phi) is 2.60. The van der Waals surface area contributed by atoms with Gasteiger partial charge in [-0.2, -0.15) is 0 Å². The molecule has 2 aromatic heterocycles. The molecule has 0 saturated heterocycles. The topological polar surface area (TPSA) is 37.8 Å². The molecule has 0 amide bonds. The SMILES string of the molecule is Clc1cccc(Nc2ccncc2)n1. The van der Waals surface area contributed by atoms with Gasteiger partial charge in [0.25, 0.3) is 0 Å². The molecule has 1 N–H and O–H groups in total. The summed E-state index contributed by atoms with van der Waals surface area (Å²) in [6, 6.07) is 9.16. The van der Waals surface area contributed by atoms with Crippen LogP contribution < -0.4 is 5.32 Å². The third-order valence-electron chi connectivity index (χ3n) is 1.67. The molecule has 0 spiro atoms. The van der Waals surface area contributed by atoms with E-state index < -0.39 is 0 Å². The molecule has 2 rings (SSSR count). The Hall–Kier alpha value is -1.61. The van der Waals surface area contributed by atoms with Crippen LogP contribution in [0.15, 0.2) is 42.7 Å². The predicted octanol–water partition coefficient (Wildman–Crippen LogP) is 2.87. The first-order valence-electron chi connectivity index (χ1n) is 4.14. The molecule has 0 aliphatic carbocycles. The highest BCUT2D eigenvalue weighted by Crippen LogP contribution is 2.14. The van der Waals surface area contributed by atoms with Gasteiger partial charge in [0.2, 0.25) is 0 Å². The van der Waals surface area contributed by atoms with E-state index >= 15 is 0 Å². The summed E-state index contributed by atoms with van der Waals surface area (Å²) >= 11 is 5.75. The second kappa shape index (κ2) is 4.07. The quantitative estimate of drug-likeness (QED) is 0.767. The zero-order valence-corrected chi connectivity index (χ0v) is 8.07. The first-order valence-corrected chi connectivity index (χ1v) is 4.52. The Bertz CT molecular complexity index is 417. The van der Waals surface area contributed by atoms with Crippen LogP contribution in [0, 0.1) is 0 Å². The fourth-order valence-electron chi connectivity index (χ4n) is 1.06. The van der Waals surface area contributed by atoms with Crippen LogP contribution in [0.25, 0.3) is 0 Å². The van der Waals surface area contributed by atoms with Crippen molar-refractivity contribution in [2.24, 2.45) is 0 Å². The zero-order chi connectivity index (χ0) is 9.80. The summed E-state index contributed by atoms with van der Waals surface area (Å²) in [4.78, 5) is 8.02. The summed E-state index contributed by atoms with van der Waals surface area (Å²) in [5.74, 6) is 0.726. The smallest absolute Gasteiger partial charge is 0.132 e. The molecule has 0 fully saturated rings. The van der Waals surface area contributed by atoms with Crippen molar-refractivity contribution in [3.05, 3.63) is 47.9 Å². The van der Waals surface area contributed by atoms with E-state index in [4.69, 9.17) is 11.6 Å². The van der Waals surface area contributed by atoms with E-state index in [0.717, 1.165) is 11.5 Å². The first kappa shape index (κ1) is 8.97. The lowest BCUT2D eigenvalue weighted by molar-refractivity contribution is 1.28. The third-order valence-corrected chi connectivity index (χ3v) is 1.88. The fraction of sp³-hybridized carbons (Fsp3) is 0. The van der Waals surface area contributed by atoms with Gasteiger partial charge in [-0.25, -0.2) is 4.98 Å². The molecule has 2 aromatic rings. The number of halogens is 1. The molecule has 4 heteroatoms. The fourth-order valence-corrected chi connectivity index (χ4v) is 1.22. The Labute approximate surface area is 86.8 Å². The monoisotopic (exact) mass is 205 g/mol. The lowest BCUT2D eigenvalue weighted by atomic mass is 10.4. The summed E-state index contributed by atoms with van der Waals surface area (Å²) in [5, 5.41) is 3.59. The van der Waals surface area contributed by atoms with Crippen molar-refractivity contribution in [3.63, 3.8) is 0 Å². The van der Waals surface area contributed by atoms with Crippen molar-refractivity contribution in [2.45, 2.75) is 0 Å². The van der Waals surface area contributed by atoms with Crippen LogP contribution in [-0.4, -0.2) is 9.97 Å². The van der Waals surface area contributed by atoms with Crippen LogP contribution >= 0.6 is 11.6 Å². The van der Waals surface area contributed by atoms with Gasteiger partial charge in [0.05, 0.1) is 0 Å². The number of hydrogen-bond acceptors (Lipinski definition) is 3. The van der Waals surface area contributed by atoms with Crippen LogP contribution in [0.1, 0.15) is 0 Å². The molecule has 0 aliphatic rings. The zero-order valence-electron chi connectivity index (χ0n) is 7.31. The van der Waals surface area contributed by atoms with Crippen molar-refractivity contribution in [3.8, 4) is 0 Å². The van der Waals surface area contributed by atoms with Crippen molar-refractivity contribution in [2.75, 3.05) is 5.32 Å². The van der Waals surface area contributed by atoms with Gasteiger partial charge in [-0.05, 0) is 24.3 Å². The maximum atomic E-state index is 5.75. The van der Waals surface area contributed by atoms with E-state index in [2.05, 4.69) is 15.3 Å². The molecule has 0 bridgehead atoms. The number of rotatable bonds is 2. The lowest BCUT2D eigenvalue weighted by Gasteiger charge is -2.04. The number of nitrogens with zero attached hydrogens (tertiary/aromatic N) is 2. The van der Waals surface area contributed by atoms with Gasteiger partial charge in [0.1, 0.15) is 11.0 Å². The largest absolute Gasteiger partial charge is 0.340 e. The standard InChI is InChI=1S/C10H8ClN3/c11-9-2-1-3-10(14-9)13-8-4-6-12-7-5-8/h1-7H,(H,12,13,14). The van der Waals surface area contributed by atoms with E-state index in [1.54, 1.807) is 18.5 Å². The maximum absolute atomic E-state index is 5.75. The highest BCUT2D eigenvalue weighted by atomic mass is 35.5. The molecular formula is C10H8ClN3. The molecule has 3 nitrogen and oxygen atoms in total. The molecule has 0 aromatic carbocycles. The number of nitrogens with one attached hydrogen (secondary N) is 1. The Balaban J connectivity index is 2.19.